The summed E-state index contributed by atoms with van der Waals surface area (Å²) in [6.07, 6.45) is 12.9. The molecule has 1 amide bonds. The molecule has 186 valence electrons. The van der Waals surface area contributed by atoms with Crippen LogP contribution in [0.25, 0.3) is 0 Å². The van der Waals surface area contributed by atoms with Crippen LogP contribution in [0.15, 0.2) is 11.6 Å². The van der Waals surface area contributed by atoms with E-state index in [9.17, 15) is 15.1 Å². The van der Waals surface area contributed by atoms with Gasteiger partial charge in [0, 0.05) is 0 Å². The lowest BCUT2D eigenvalue weighted by molar-refractivity contribution is -0.187. The number of hydroxylamine groups is 1. The predicted molar refractivity (Wildman–Crippen MR) is 130 cm³/mol. The Kier molecular flexibility index (Phi) is 5.29. The smallest absolute Gasteiger partial charge is 0.250 e. The maximum Gasteiger partial charge on any atom is 0.250 e. The van der Waals surface area contributed by atoms with Gasteiger partial charge in [-0.15, -0.1) is 0 Å². The number of nitrogens with one attached hydrogen (secondary N) is 1. The SMILES string of the molecule is CC1(C)CCC2(C(=O)NO)CCC3C(=CCC4C3(C)CCC3C(C)(C)C(O)CCC34C)C2C1. The number of hydrogen-bond donors (Lipinski definition) is 3. The van der Waals surface area contributed by atoms with Gasteiger partial charge in [-0.05, 0) is 110 Å². The van der Waals surface area contributed by atoms with Crippen molar-refractivity contribution >= 4 is 5.91 Å². The molecule has 0 aromatic heterocycles. The predicted octanol–water partition coefficient (Wildman–Crippen LogP) is 6.26. The Hall–Kier alpha value is -0.870. The number of carbonyl (C=O) groups is 1. The van der Waals surface area contributed by atoms with E-state index < -0.39 is 5.41 Å². The first-order valence-corrected chi connectivity index (χ1v) is 13.6. The molecule has 5 aliphatic rings. The van der Waals surface area contributed by atoms with Crippen molar-refractivity contribution in [1.82, 2.24) is 5.48 Å². The fourth-order valence-corrected chi connectivity index (χ4v) is 10.4. The van der Waals surface area contributed by atoms with Gasteiger partial charge in [-0.2, -0.15) is 0 Å². The van der Waals surface area contributed by atoms with Crippen LogP contribution < -0.4 is 5.48 Å². The number of fused-ring (bicyclic) bond motifs is 7. The zero-order valence-electron chi connectivity index (χ0n) is 21.8. The van der Waals surface area contributed by atoms with E-state index in [1.54, 1.807) is 5.57 Å². The first-order valence-electron chi connectivity index (χ1n) is 13.6. The number of allylic oxidation sites excluding steroid dienone is 2. The third kappa shape index (κ3) is 3.11. The fourth-order valence-electron chi connectivity index (χ4n) is 10.4. The van der Waals surface area contributed by atoms with Gasteiger partial charge in [-0.25, -0.2) is 5.48 Å². The Balaban J connectivity index is 1.55. The number of hydrogen-bond acceptors (Lipinski definition) is 3. The largest absolute Gasteiger partial charge is 0.393 e. The van der Waals surface area contributed by atoms with Crippen molar-refractivity contribution in [2.75, 3.05) is 0 Å². The summed E-state index contributed by atoms with van der Waals surface area (Å²) in [5, 5.41) is 20.5. The minimum absolute atomic E-state index is 0.0212. The standard InChI is InChI=1S/C29H47NO3/c1-25(2)15-16-29(24(32)30-33)14-9-19-18(20(29)17-25)7-8-22-27(19,5)12-10-21-26(3,4)23(31)11-13-28(21,22)6/h7,19-23,31,33H,8-17H2,1-6H3,(H,30,32). The number of aliphatic hydroxyl groups is 1. The van der Waals surface area contributed by atoms with Crippen molar-refractivity contribution in [2.24, 2.45) is 50.7 Å². The molecule has 3 N–H and O–H groups in total. The maximum absolute atomic E-state index is 13.1. The second-order valence-electron chi connectivity index (χ2n) is 14.6. The van der Waals surface area contributed by atoms with Gasteiger partial charge in [0.2, 0.25) is 5.91 Å². The van der Waals surface area contributed by atoms with E-state index in [1.807, 2.05) is 0 Å². The van der Waals surface area contributed by atoms with E-state index in [4.69, 9.17) is 0 Å². The molecule has 4 heteroatoms. The highest BCUT2D eigenvalue weighted by Gasteiger charge is 2.65. The zero-order valence-corrected chi connectivity index (χ0v) is 21.8. The molecule has 5 rings (SSSR count). The van der Waals surface area contributed by atoms with Crippen LogP contribution in [0.1, 0.15) is 106 Å². The lowest BCUT2D eigenvalue weighted by Gasteiger charge is -2.68. The van der Waals surface area contributed by atoms with Crippen molar-refractivity contribution in [3.8, 4) is 0 Å². The average molecular weight is 458 g/mol. The van der Waals surface area contributed by atoms with Crippen molar-refractivity contribution in [3.05, 3.63) is 11.6 Å². The average Bonchev–Trinajstić information content (AvgIpc) is 2.75. The third-order valence-corrected chi connectivity index (χ3v) is 12.4. The summed E-state index contributed by atoms with van der Waals surface area (Å²) >= 11 is 0. The molecule has 5 aliphatic carbocycles. The minimum atomic E-state index is -0.437. The van der Waals surface area contributed by atoms with Crippen LogP contribution in [0.3, 0.4) is 0 Å². The van der Waals surface area contributed by atoms with Gasteiger partial charge in [0.05, 0.1) is 11.5 Å². The van der Waals surface area contributed by atoms with E-state index in [0.717, 1.165) is 51.4 Å². The zero-order chi connectivity index (χ0) is 24.0. The highest BCUT2D eigenvalue weighted by molar-refractivity contribution is 5.83. The highest BCUT2D eigenvalue weighted by atomic mass is 16.5. The summed E-state index contributed by atoms with van der Waals surface area (Å²) in [6.45, 7) is 14.4. The Morgan fingerprint density at radius 1 is 0.879 bits per heavy atom. The maximum atomic E-state index is 13.1. The second kappa shape index (κ2) is 7.32. The van der Waals surface area contributed by atoms with Crippen LogP contribution in [-0.2, 0) is 4.79 Å². The van der Waals surface area contributed by atoms with E-state index in [1.165, 1.54) is 12.8 Å². The van der Waals surface area contributed by atoms with Gasteiger partial charge in [0.1, 0.15) is 0 Å². The number of amides is 1. The molecule has 8 atom stereocenters. The molecule has 0 radical (unpaired) electrons. The van der Waals surface area contributed by atoms with Gasteiger partial charge in [0.15, 0.2) is 0 Å². The number of rotatable bonds is 1. The second-order valence-corrected chi connectivity index (χ2v) is 14.6. The van der Waals surface area contributed by atoms with Gasteiger partial charge >= 0.3 is 0 Å². The first kappa shape index (κ1) is 23.9. The molecule has 0 spiro atoms. The topological polar surface area (TPSA) is 69.6 Å². The molecule has 8 unspecified atom stereocenters. The molecule has 0 aromatic rings. The molecular formula is C29H47NO3. The quantitative estimate of drug-likeness (QED) is 0.247. The molecule has 0 aromatic carbocycles. The molecule has 0 bridgehead atoms. The van der Waals surface area contributed by atoms with Crippen molar-refractivity contribution in [2.45, 2.75) is 112 Å². The van der Waals surface area contributed by atoms with E-state index in [2.05, 4.69) is 53.1 Å². The van der Waals surface area contributed by atoms with Gasteiger partial charge < -0.3 is 5.11 Å². The van der Waals surface area contributed by atoms with E-state index in [-0.39, 0.29) is 39.6 Å². The van der Waals surface area contributed by atoms with Crippen LogP contribution in [0.4, 0.5) is 0 Å². The van der Waals surface area contributed by atoms with Crippen LogP contribution >= 0.6 is 0 Å². The minimum Gasteiger partial charge on any atom is -0.393 e. The van der Waals surface area contributed by atoms with Gasteiger partial charge in [-0.1, -0.05) is 53.2 Å². The molecule has 0 heterocycles. The van der Waals surface area contributed by atoms with E-state index in [0.29, 0.717) is 17.8 Å². The Morgan fingerprint density at radius 3 is 2.27 bits per heavy atom. The van der Waals surface area contributed by atoms with Crippen LogP contribution in [0.5, 0.6) is 0 Å². The van der Waals surface area contributed by atoms with Crippen LogP contribution in [0, 0.1) is 50.7 Å². The Bertz CT molecular complexity index is 861. The summed E-state index contributed by atoms with van der Waals surface area (Å²) in [5.74, 6) is 1.86. The first-order chi connectivity index (χ1) is 15.3. The van der Waals surface area contributed by atoms with Crippen molar-refractivity contribution in [3.63, 3.8) is 0 Å². The molecule has 33 heavy (non-hydrogen) atoms. The molecule has 4 nitrogen and oxygen atoms in total. The molecule has 4 fully saturated rings. The molecular weight excluding hydrogens is 410 g/mol. The van der Waals surface area contributed by atoms with Gasteiger partial charge in [0.25, 0.3) is 0 Å². The summed E-state index contributed by atoms with van der Waals surface area (Å²) in [7, 11) is 0. The monoisotopic (exact) mass is 457 g/mol. The van der Waals surface area contributed by atoms with Crippen molar-refractivity contribution in [1.29, 1.82) is 0 Å². The van der Waals surface area contributed by atoms with Gasteiger partial charge in [-0.3, -0.25) is 10.0 Å². The number of carbonyl (C=O) groups excluding carboxylic acids is 1. The van der Waals surface area contributed by atoms with Crippen molar-refractivity contribution < 1.29 is 15.1 Å². The summed E-state index contributed by atoms with van der Waals surface area (Å²) in [5.41, 5.74) is 3.93. The van der Waals surface area contributed by atoms with E-state index >= 15 is 0 Å². The summed E-state index contributed by atoms with van der Waals surface area (Å²) < 4.78 is 0. The summed E-state index contributed by atoms with van der Waals surface area (Å²) in [6, 6.07) is 0. The number of aliphatic hydroxyl groups excluding tert-OH is 1. The Labute approximate surface area is 200 Å². The molecule has 0 saturated heterocycles. The lowest BCUT2D eigenvalue weighted by Crippen LogP contribution is -2.62. The van der Waals surface area contributed by atoms with Crippen LogP contribution in [0.2, 0.25) is 0 Å². The fraction of sp³-hybridized carbons (Fsp3) is 0.897. The normalized spacial score (nSPS) is 50.1. The van der Waals surface area contributed by atoms with Crippen LogP contribution in [-0.4, -0.2) is 22.3 Å². The molecule has 0 aliphatic heterocycles. The molecule has 4 saturated carbocycles. The summed E-state index contributed by atoms with van der Waals surface area (Å²) in [4.78, 5) is 13.1. The Morgan fingerprint density at radius 2 is 1.58 bits per heavy atom. The third-order valence-electron chi connectivity index (χ3n) is 12.4. The lowest BCUT2D eigenvalue weighted by atomic mass is 9.37. The highest BCUT2D eigenvalue weighted by Crippen LogP contribution is 2.72.